The molecule has 0 saturated heterocycles. The van der Waals surface area contributed by atoms with Gasteiger partial charge in [-0.2, -0.15) is 0 Å². The molecule has 1 N–H and O–H groups in total. The topological polar surface area (TPSA) is 55.4 Å². The molecule has 0 fully saturated rings. The number of benzene rings is 2. The Morgan fingerprint density at radius 3 is 2.48 bits per heavy atom. The number of hydrogen-bond donors (Lipinski definition) is 1. The third-order valence-electron chi connectivity index (χ3n) is 4.64. The van der Waals surface area contributed by atoms with Gasteiger partial charge in [-0.05, 0) is 90.1 Å². The van der Waals surface area contributed by atoms with E-state index in [0.29, 0.717) is 5.75 Å². The maximum Gasteiger partial charge on any atom is 0.241 e. The number of fused-ring (bicyclic) bond motifs is 1. The molecule has 0 aromatic heterocycles. The largest absolute Gasteiger partial charge is 0.496 e. The summed E-state index contributed by atoms with van der Waals surface area (Å²) in [6.07, 6.45) is 4.66. The van der Waals surface area contributed by atoms with Crippen LogP contribution in [0.25, 0.3) is 0 Å². The highest BCUT2D eigenvalue weighted by atomic mass is 127. The number of ether oxygens (including phenoxy) is 1. The fourth-order valence-electron chi connectivity index (χ4n) is 3.21. The van der Waals surface area contributed by atoms with Crippen LogP contribution in [0.5, 0.6) is 5.75 Å². The van der Waals surface area contributed by atoms with Gasteiger partial charge in [0.1, 0.15) is 5.75 Å². The lowest BCUT2D eigenvalue weighted by Crippen LogP contribution is -2.27. The summed E-state index contributed by atoms with van der Waals surface area (Å²) in [5, 5.41) is 0. The summed E-state index contributed by atoms with van der Waals surface area (Å²) in [6, 6.07) is 10.9. The molecule has 6 heteroatoms. The minimum absolute atomic E-state index is 0.252. The van der Waals surface area contributed by atoms with E-state index in [1.54, 1.807) is 25.3 Å². The second-order valence-electron chi connectivity index (χ2n) is 6.37. The zero-order valence-corrected chi connectivity index (χ0v) is 17.4. The molecule has 1 aliphatic rings. The molecule has 2 aromatic carbocycles. The van der Waals surface area contributed by atoms with Gasteiger partial charge in [0.25, 0.3) is 0 Å². The van der Waals surface area contributed by atoms with Crippen LogP contribution in [0, 0.1) is 3.57 Å². The molecule has 0 amide bonds. The fraction of sp³-hybridized carbons (Fsp3) is 0.368. The van der Waals surface area contributed by atoms with E-state index in [-0.39, 0.29) is 10.9 Å². The van der Waals surface area contributed by atoms with E-state index < -0.39 is 10.0 Å². The Morgan fingerprint density at radius 1 is 1.08 bits per heavy atom. The summed E-state index contributed by atoms with van der Waals surface area (Å²) in [7, 11) is -2.02. The van der Waals surface area contributed by atoms with Crippen molar-refractivity contribution < 1.29 is 13.2 Å². The van der Waals surface area contributed by atoms with E-state index in [2.05, 4.69) is 39.4 Å². The van der Waals surface area contributed by atoms with Crippen molar-refractivity contribution in [1.82, 2.24) is 4.72 Å². The maximum atomic E-state index is 12.7. The fourth-order valence-corrected chi connectivity index (χ4v) is 5.41. The third-order valence-corrected chi connectivity index (χ3v) is 7.02. The molecular weight excluding hydrogens is 449 g/mol. The number of aryl methyl sites for hydroxylation is 2. The quantitative estimate of drug-likeness (QED) is 0.665. The summed E-state index contributed by atoms with van der Waals surface area (Å²) in [5.74, 6) is 0.669. The van der Waals surface area contributed by atoms with Crippen molar-refractivity contribution in [2.75, 3.05) is 7.11 Å². The summed E-state index contributed by atoms with van der Waals surface area (Å²) in [6.45, 7) is 1.89. The molecule has 0 aliphatic heterocycles. The maximum absolute atomic E-state index is 12.7. The lowest BCUT2D eigenvalue weighted by Gasteiger charge is -2.20. The Hall–Kier alpha value is -1.12. The molecule has 1 aliphatic carbocycles. The van der Waals surface area contributed by atoms with Crippen LogP contribution >= 0.6 is 22.6 Å². The predicted molar refractivity (Wildman–Crippen MR) is 108 cm³/mol. The Bertz CT molecular complexity index is 880. The molecule has 134 valence electrons. The van der Waals surface area contributed by atoms with Crippen LogP contribution in [-0.2, 0) is 22.9 Å². The van der Waals surface area contributed by atoms with E-state index >= 15 is 0 Å². The van der Waals surface area contributed by atoms with Crippen LogP contribution in [0.2, 0.25) is 0 Å². The second kappa shape index (κ2) is 7.63. The Morgan fingerprint density at radius 2 is 1.80 bits per heavy atom. The monoisotopic (exact) mass is 471 g/mol. The van der Waals surface area contributed by atoms with E-state index in [0.717, 1.165) is 22.0 Å². The zero-order valence-electron chi connectivity index (χ0n) is 14.4. The van der Waals surface area contributed by atoms with Gasteiger partial charge in [0, 0.05) is 6.04 Å². The van der Waals surface area contributed by atoms with Gasteiger partial charge >= 0.3 is 0 Å². The number of hydrogen-bond acceptors (Lipinski definition) is 3. The molecule has 0 spiro atoms. The van der Waals surface area contributed by atoms with Gasteiger partial charge in [0.15, 0.2) is 0 Å². The van der Waals surface area contributed by atoms with Crippen molar-refractivity contribution in [1.29, 1.82) is 0 Å². The molecule has 0 radical (unpaired) electrons. The van der Waals surface area contributed by atoms with Crippen molar-refractivity contribution in [2.45, 2.75) is 43.5 Å². The number of sulfonamides is 1. The molecule has 25 heavy (non-hydrogen) atoms. The first-order valence-corrected chi connectivity index (χ1v) is 10.9. The molecule has 2 aromatic rings. The molecular formula is C19H22INO3S. The molecule has 1 atom stereocenters. The summed E-state index contributed by atoms with van der Waals surface area (Å²) >= 11 is 2.08. The average Bonchev–Trinajstić information content (AvgIpc) is 2.60. The molecule has 0 saturated carbocycles. The van der Waals surface area contributed by atoms with Crippen LogP contribution in [0.1, 0.15) is 42.5 Å². The van der Waals surface area contributed by atoms with Gasteiger partial charge in [-0.3, -0.25) is 0 Å². The molecule has 4 nitrogen and oxygen atoms in total. The Balaban J connectivity index is 1.81. The number of halogens is 1. The van der Waals surface area contributed by atoms with Gasteiger partial charge in [0.05, 0.1) is 15.6 Å². The van der Waals surface area contributed by atoms with Crippen LogP contribution in [0.3, 0.4) is 0 Å². The first-order chi connectivity index (χ1) is 11.9. The van der Waals surface area contributed by atoms with Crippen LogP contribution in [-0.4, -0.2) is 15.5 Å². The highest BCUT2D eigenvalue weighted by Crippen LogP contribution is 2.27. The van der Waals surface area contributed by atoms with Crippen LogP contribution < -0.4 is 9.46 Å². The SMILES string of the molecule is COc1ccc(S(=O)(=O)N[C@H](C)c2ccc3c(c2)CCCC3)cc1I. The minimum atomic E-state index is -3.59. The number of nitrogens with one attached hydrogen (secondary N) is 1. The lowest BCUT2D eigenvalue weighted by atomic mass is 9.89. The first kappa shape index (κ1) is 18.7. The van der Waals surface area contributed by atoms with Crippen molar-refractivity contribution in [3.63, 3.8) is 0 Å². The summed E-state index contributed by atoms with van der Waals surface area (Å²) in [5.41, 5.74) is 3.76. The molecule has 0 unspecified atom stereocenters. The van der Waals surface area contributed by atoms with E-state index in [4.69, 9.17) is 4.74 Å². The highest BCUT2D eigenvalue weighted by Gasteiger charge is 2.20. The number of methoxy groups -OCH3 is 1. The van der Waals surface area contributed by atoms with E-state index in [1.807, 2.05) is 13.0 Å². The minimum Gasteiger partial charge on any atom is -0.496 e. The van der Waals surface area contributed by atoms with Gasteiger partial charge in [-0.25, -0.2) is 13.1 Å². The van der Waals surface area contributed by atoms with Crippen molar-refractivity contribution in [2.24, 2.45) is 0 Å². The lowest BCUT2D eigenvalue weighted by molar-refractivity contribution is 0.411. The Labute approximate surface area is 163 Å². The molecule has 3 rings (SSSR count). The normalized spacial score (nSPS) is 15.5. The van der Waals surface area contributed by atoms with Gasteiger partial charge in [-0.1, -0.05) is 18.2 Å². The van der Waals surface area contributed by atoms with Crippen LogP contribution in [0.15, 0.2) is 41.3 Å². The van der Waals surface area contributed by atoms with Crippen molar-refractivity contribution in [3.8, 4) is 5.75 Å². The van der Waals surface area contributed by atoms with Gasteiger partial charge < -0.3 is 4.74 Å². The van der Waals surface area contributed by atoms with Crippen molar-refractivity contribution in [3.05, 3.63) is 56.7 Å². The smallest absolute Gasteiger partial charge is 0.241 e. The van der Waals surface area contributed by atoms with E-state index in [1.165, 1.54) is 24.0 Å². The highest BCUT2D eigenvalue weighted by molar-refractivity contribution is 14.1. The van der Waals surface area contributed by atoms with Crippen LogP contribution in [0.4, 0.5) is 0 Å². The average molecular weight is 471 g/mol. The predicted octanol–water partition coefficient (Wildman–Crippen LogP) is 4.22. The molecule has 0 heterocycles. The van der Waals surface area contributed by atoms with Crippen molar-refractivity contribution >= 4 is 32.6 Å². The number of rotatable bonds is 5. The second-order valence-corrected chi connectivity index (χ2v) is 9.25. The first-order valence-electron chi connectivity index (χ1n) is 8.38. The Kier molecular flexibility index (Phi) is 5.70. The van der Waals surface area contributed by atoms with Gasteiger partial charge in [0.2, 0.25) is 10.0 Å². The van der Waals surface area contributed by atoms with E-state index in [9.17, 15) is 8.42 Å². The third kappa shape index (κ3) is 4.17. The van der Waals surface area contributed by atoms with Gasteiger partial charge in [-0.15, -0.1) is 0 Å². The molecule has 0 bridgehead atoms. The summed E-state index contributed by atoms with van der Waals surface area (Å²) < 4.78 is 34.2. The zero-order chi connectivity index (χ0) is 18.0. The summed E-state index contributed by atoms with van der Waals surface area (Å²) in [4.78, 5) is 0.252. The standard InChI is InChI=1S/C19H22INO3S/c1-13(15-8-7-14-5-3-4-6-16(14)11-15)21-25(22,23)17-9-10-19(24-2)18(20)12-17/h7-13,21H,3-6H2,1-2H3/t13-/m1/s1.